The highest BCUT2D eigenvalue weighted by molar-refractivity contribution is 6.46. The lowest BCUT2D eigenvalue weighted by atomic mass is 10.1. The van der Waals surface area contributed by atoms with Crippen molar-refractivity contribution < 1.29 is 0 Å². The predicted molar refractivity (Wildman–Crippen MR) is 67.2 cm³/mol. The van der Waals surface area contributed by atoms with Crippen molar-refractivity contribution in [1.29, 1.82) is 0 Å². The third-order valence-electron chi connectivity index (χ3n) is 2.25. The number of allylic oxidation sites excluding steroid dienone is 1. The van der Waals surface area contributed by atoms with Gasteiger partial charge < -0.3 is 5.73 Å². The standard InChI is InChI=1S/C12H15ClN2/c1-8-4-6-10(7-5-8)12(14)11(13)9(2)15-3/h4-7H,14H2,1-3H3. The minimum absolute atomic E-state index is 0.515. The monoisotopic (exact) mass is 222 g/mol. The summed E-state index contributed by atoms with van der Waals surface area (Å²) < 4.78 is 0. The molecule has 0 fully saturated rings. The van der Waals surface area contributed by atoms with Gasteiger partial charge in [-0.15, -0.1) is 0 Å². The maximum atomic E-state index is 6.08. The van der Waals surface area contributed by atoms with Gasteiger partial charge in [0, 0.05) is 7.05 Å². The SMILES string of the molecule is CN=C(C)C(Cl)=C(N)c1ccc(C)cc1. The molecule has 2 nitrogen and oxygen atoms in total. The minimum Gasteiger partial charge on any atom is -0.397 e. The van der Waals surface area contributed by atoms with Gasteiger partial charge in [-0.2, -0.15) is 0 Å². The van der Waals surface area contributed by atoms with Gasteiger partial charge in [0.2, 0.25) is 0 Å². The van der Waals surface area contributed by atoms with Crippen molar-refractivity contribution >= 4 is 23.0 Å². The molecule has 0 amide bonds. The number of nitrogens with zero attached hydrogens (tertiary/aromatic N) is 1. The lowest BCUT2D eigenvalue weighted by Crippen LogP contribution is -2.04. The second-order valence-electron chi connectivity index (χ2n) is 3.40. The van der Waals surface area contributed by atoms with E-state index in [1.807, 2.05) is 38.1 Å². The molecule has 0 aromatic heterocycles. The Hall–Kier alpha value is -1.28. The minimum atomic E-state index is 0.515. The van der Waals surface area contributed by atoms with E-state index in [0.717, 1.165) is 11.3 Å². The van der Waals surface area contributed by atoms with Crippen LogP contribution in [0.5, 0.6) is 0 Å². The zero-order valence-electron chi connectivity index (χ0n) is 9.21. The van der Waals surface area contributed by atoms with Gasteiger partial charge in [-0.25, -0.2) is 0 Å². The number of hydrogen-bond donors (Lipinski definition) is 1. The Morgan fingerprint density at radius 1 is 1.27 bits per heavy atom. The van der Waals surface area contributed by atoms with Crippen LogP contribution in [0.15, 0.2) is 34.3 Å². The number of aryl methyl sites for hydroxylation is 1. The van der Waals surface area contributed by atoms with Gasteiger partial charge in [-0.3, -0.25) is 4.99 Å². The second kappa shape index (κ2) is 4.99. The third-order valence-corrected chi connectivity index (χ3v) is 2.73. The molecule has 0 unspecified atom stereocenters. The molecule has 0 radical (unpaired) electrons. The molecule has 0 atom stereocenters. The van der Waals surface area contributed by atoms with Gasteiger partial charge in [0.1, 0.15) is 0 Å². The first-order valence-electron chi connectivity index (χ1n) is 4.72. The molecule has 0 saturated heterocycles. The van der Waals surface area contributed by atoms with E-state index in [4.69, 9.17) is 17.3 Å². The van der Waals surface area contributed by atoms with Gasteiger partial charge >= 0.3 is 0 Å². The van der Waals surface area contributed by atoms with Crippen LogP contribution < -0.4 is 5.73 Å². The number of hydrogen-bond acceptors (Lipinski definition) is 2. The highest BCUT2D eigenvalue weighted by atomic mass is 35.5. The molecule has 2 N–H and O–H groups in total. The van der Waals surface area contributed by atoms with E-state index in [9.17, 15) is 0 Å². The van der Waals surface area contributed by atoms with Crippen LogP contribution >= 0.6 is 11.6 Å². The number of rotatable bonds is 2. The van der Waals surface area contributed by atoms with Crippen molar-refractivity contribution in [2.45, 2.75) is 13.8 Å². The quantitative estimate of drug-likeness (QED) is 0.768. The first kappa shape index (κ1) is 11.8. The van der Waals surface area contributed by atoms with Gasteiger partial charge in [-0.1, -0.05) is 41.4 Å². The molecule has 3 heteroatoms. The van der Waals surface area contributed by atoms with Crippen molar-refractivity contribution in [3.8, 4) is 0 Å². The van der Waals surface area contributed by atoms with Crippen LogP contribution in [0.1, 0.15) is 18.1 Å². The first-order valence-corrected chi connectivity index (χ1v) is 5.10. The maximum absolute atomic E-state index is 6.08. The van der Waals surface area contributed by atoms with Gasteiger partial charge in [-0.05, 0) is 19.4 Å². The lowest BCUT2D eigenvalue weighted by molar-refractivity contribution is 1.41. The highest BCUT2D eigenvalue weighted by Crippen LogP contribution is 2.18. The molecule has 1 rings (SSSR count). The molecule has 0 aliphatic rings. The molecule has 0 spiro atoms. The lowest BCUT2D eigenvalue weighted by Gasteiger charge is -2.05. The van der Waals surface area contributed by atoms with E-state index in [0.29, 0.717) is 10.7 Å². The second-order valence-corrected chi connectivity index (χ2v) is 3.78. The molecule has 1 aromatic rings. The largest absolute Gasteiger partial charge is 0.397 e. The highest BCUT2D eigenvalue weighted by Gasteiger charge is 2.05. The molecule has 0 saturated carbocycles. The number of halogens is 1. The van der Waals surface area contributed by atoms with Crippen molar-refractivity contribution in [3.05, 3.63) is 40.4 Å². The van der Waals surface area contributed by atoms with Crippen LogP contribution in [0.2, 0.25) is 0 Å². The fourth-order valence-corrected chi connectivity index (χ4v) is 1.35. The summed E-state index contributed by atoms with van der Waals surface area (Å²) in [6.07, 6.45) is 0. The third kappa shape index (κ3) is 2.83. The molecular formula is C12H15ClN2. The topological polar surface area (TPSA) is 38.4 Å². The normalized spacial score (nSPS) is 13.7. The fraction of sp³-hybridized carbons (Fsp3) is 0.250. The zero-order valence-corrected chi connectivity index (χ0v) is 9.97. The molecule has 0 bridgehead atoms. The number of benzene rings is 1. The molecule has 0 aliphatic carbocycles. The van der Waals surface area contributed by atoms with E-state index < -0.39 is 0 Å². The Bertz CT molecular complexity index is 402. The van der Waals surface area contributed by atoms with Crippen molar-refractivity contribution in [2.24, 2.45) is 10.7 Å². The molecule has 1 aromatic carbocycles. The molecule has 80 valence electrons. The number of nitrogens with two attached hydrogens (primary N) is 1. The van der Waals surface area contributed by atoms with Gasteiger partial charge in [0.25, 0.3) is 0 Å². The van der Waals surface area contributed by atoms with E-state index in [1.54, 1.807) is 7.05 Å². The Labute approximate surface area is 95.5 Å². The van der Waals surface area contributed by atoms with Gasteiger partial charge in [0.05, 0.1) is 16.4 Å². The summed E-state index contributed by atoms with van der Waals surface area (Å²) in [5.41, 5.74) is 9.37. The van der Waals surface area contributed by atoms with Crippen molar-refractivity contribution in [3.63, 3.8) is 0 Å². The van der Waals surface area contributed by atoms with Crippen LogP contribution in [-0.4, -0.2) is 12.8 Å². The number of aliphatic imine (C=N–C) groups is 1. The van der Waals surface area contributed by atoms with Crippen LogP contribution in [0.4, 0.5) is 0 Å². The Kier molecular flexibility index (Phi) is 3.92. The molecule has 0 heterocycles. The summed E-state index contributed by atoms with van der Waals surface area (Å²) >= 11 is 6.08. The van der Waals surface area contributed by atoms with E-state index in [1.165, 1.54) is 5.56 Å². The van der Waals surface area contributed by atoms with Crippen LogP contribution in [0, 0.1) is 6.92 Å². The Morgan fingerprint density at radius 3 is 2.27 bits per heavy atom. The molecule has 15 heavy (non-hydrogen) atoms. The Morgan fingerprint density at radius 2 is 1.80 bits per heavy atom. The molecular weight excluding hydrogens is 208 g/mol. The van der Waals surface area contributed by atoms with Crippen LogP contribution in [0.3, 0.4) is 0 Å². The maximum Gasteiger partial charge on any atom is 0.0848 e. The first-order chi connectivity index (χ1) is 7.06. The average Bonchev–Trinajstić information content (AvgIpc) is 2.27. The predicted octanol–water partition coefficient (Wildman–Crippen LogP) is 2.95. The van der Waals surface area contributed by atoms with Crippen LogP contribution in [-0.2, 0) is 0 Å². The van der Waals surface area contributed by atoms with Crippen LogP contribution in [0.25, 0.3) is 5.70 Å². The smallest absolute Gasteiger partial charge is 0.0848 e. The summed E-state index contributed by atoms with van der Waals surface area (Å²) in [5.74, 6) is 0. The zero-order chi connectivity index (χ0) is 11.4. The summed E-state index contributed by atoms with van der Waals surface area (Å²) in [4.78, 5) is 4.00. The van der Waals surface area contributed by atoms with Gasteiger partial charge in [0.15, 0.2) is 0 Å². The van der Waals surface area contributed by atoms with Crippen molar-refractivity contribution in [2.75, 3.05) is 7.05 Å². The summed E-state index contributed by atoms with van der Waals surface area (Å²) in [7, 11) is 1.69. The summed E-state index contributed by atoms with van der Waals surface area (Å²) in [5, 5.41) is 0.515. The summed E-state index contributed by atoms with van der Waals surface area (Å²) in [6.45, 7) is 3.87. The Balaban J connectivity index is 3.13. The fourth-order valence-electron chi connectivity index (χ4n) is 1.15. The summed E-state index contributed by atoms with van der Waals surface area (Å²) in [6, 6.07) is 7.92. The average molecular weight is 223 g/mol. The molecule has 0 aliphatic heterocycles. The van der Waals surface area contributed by atoms with E-state index >= 15 is 0 Å². The van der Waals surface area contributed by atoms with Crippen molar-refractivity contribution in [1.82, 2.24) is 0 Å². The van der Waals surface area contributed by atoms with E-state index in [-0.39, 0.29) is 0 Å². The van der Waals surface area contributed by atoms with E-state index in [2.05, 4.69) is 4.99 Å².